The van der Waals surface area contributed by atoms with E-state index in [-0.39, 0.29) is 23.1 Å². The van der Waals surface area contributed by atoms with Crippen LogP contribution in [0.4, 0.5) is 0 Å². The predicted molar refractivity (Wildman–Crippen MR) is 178 cm³/mol. The van der Waals surface area contributed by atoms with Gasteiger partial charge in [0.25, 0.3) is 0 Å². The highest BCUT2D eigenvalue weighted by atomic mass is 79.9. The van der Waals surface area contributed by atoms with Crippen LogP contribution in [0.5, 0.6) is 0 Å². The van der Waals surface area contributed by atoms with Gasteiger partial charge in [-0.1, -0.05) is 74.9 Å². The molecule has 1 aliphatic heterocycles. The first kappa shape index (κ1) is 32.5. The van der Waals surface area contributed by atoms with Crippen molar-refractivity contribution in [1.82, 2.24) is 9.90 Å². The van der Waals surface area contributed by atoms with Crippen molar-refractivity contribution in [3.63, 3.8) is 0 Å². The molecule has 3 saturated carbocycles. The Morgan fingerprint density at radius 1 is 1.09 bits per heavy atom. The van der Waals surface area contributed by atoms with E-state index in [2.05, 4.69) is 98.0 Å². The van der Waals surface area contributed by atoms with Crippen LogP contribution in [0.25, 0.3) is 10.8 Å². The number of fused-ring (bicyclic) bond motifs is 8. The highest BCUT2D eigenvalue weighted by molar-refractivity contribution is 5.85. The van der Waals surface area contributed by atoms with E-state index in [4.69, 9.17) is 9.95 Å². The third-order valence-corrected chi connectivity index (χ3v) is 14.1. The van der Waals surface area contributed by atoms with Crippen molar-refractivity contribution in [3.8, 4) is 0 Å². The second-order valence-corrected chi connectivity index (χ2v) is 16.3. The normalized spacial score (nSPS) is 38.7. The molecule has 0 bridgehead atoms. The van der Waals surface area contributed by atoms with E-state index in [1.165, 1.54) is 48.4 Å². The highest BCUT2D eigenvalue weighted by Gasteiger charge is 2.64. The average Bonchev–Trinajstić information content (AvgIpc) is 3.73. The molecule has 6 heteroatoms. The molecule has 5 nitrogen and oxygen atoms in total. The third kappa shape index (κ3) is 5.33. The van der Waals surface area contributed by atoms with Crippen molar-refractivity contribution in [2.24, 2.45) is 40.4 Å². The summed E-state index contributed by atoms with van der Waals surface area (Å²) in [4.78, 5) is 0. The zero-order valence-corrected chi connectivity index (χ0v) is 29.9. The van der Waals surface area contributed by atoms with Crippen molar-refractivity contribution < 1.29 is 31.5 Å². The molecule has 0 spiro atoms. The summed E-state index contributed by atoms with van der Waals surface area (Å²) in [6.45, 7) is 10.9. The molecule has 248 valence electrons. The monoisotopic (exact) mass is 687 g/mol. The zero-order valence-electron chi connectivity index (χ0n) is 28.3. The summed E-state index contributed by atoms with van der Waals surface area (Å²) < 4.78 is 11.3. The van der Waals surface area contributed by atoms with E-state index < -0.39 is 0 Å². The summed E-state index contributed by atoms with van der Waals surface area (Å²) >= 11 is 0. The van der Waals surface area contributed by atoms with Gasteiger partial charge in [-0.2, -0.15) is 0 Å². The number of aliphatic hydroxyl groups is 1. The number of allylic oxidation sites excluding steroid dienone is 1. The largest absolute Gasteiger partial charge is 1.00 e. The van der Waals surface area contributed by atoms with Gasteiger partial charge < -0.3 is 26.8 Å². The van der Waals surface area contributed by atoms with Crippen LogP contribution >= 0.6 is 0 Å². The van der Waals surface area contributed by atoms with Crippen LogP contribution in [0.15, 0.2) is 66.5 Å². The van der Waals surface area contributed by atoms with Gasteiger partial charge in [0.05, 0.1) is 23.5 Å². The molecule has 8 rings (SSSR count). The lowest BCUT2D eigenvalue weighted by molar-refractivity contribution is -0.755. The first-order valence-electron chi connectivity index (χ1n) is 18.2. The van der Waals surface area contributed by atoms with Gasteiger partial charge in [0.1, 0.15) is 12.6 Å². The predicted octanol–water partition coefficient (Wildman–Crippen LogP) is 4.87. The van der Waals surface area contributed by atoms with Crippen LogP contribution in [0, 0.1) is 40.4 Å². The maximum Gasteiger partial charge on any atom is 0.155 e. The first-order chi connectivity index (χ1) is 21.7. The van der Waals surface area contributed by atoms with Crippen LogP contribution in [-0.4, -0.2) is 33.3 Å². The van der Waals surface area contributed by atoms with E-state index in [1.54, 1.807) is 5.57 Å². The van der Waals surface area contributed by atoms with Gasteiger partial charge in [0.2, 0.25) is 0 Å². The molecule has 46 heavy (non-hydrogen) atoms. The Labute approximate surface area is 286 Å². The Kier molecular flexibility index (Phi) is 8.81. The van der Waals surface area contributed by atoms with Crippen molar-refractivity contribution in [3.05, 3.63) is 72.1 Å². The minimum absolute atomic E-state index is 0. The molecule has 4 fully saturated rings. The van der Waals surface area contributed by atoms with Gasteiger partial charge in [-0.05, 0) is 121 Å². The van der Waals surface area contributed by atoms with Gasteiger partial charge in [-0.25, -0.2) is 0 Å². The molecule has 3 unspecified atom stereocenters. The Morgan fingerprint density at radius 3 is 2.78 bits per heavy atom. The standard InChI is InChI=1S/C40H54N3O2.BrH/c1-26(43-23-22-42(41-43)21-18-29-10-7-9-28-8-5-6-11-32(28)29)12-15-36-27(2)38-37(45-36)25-35-33-14-13-30-24-31(44)16-19-39(30,3)34(33)17-20-40(35,38)4;/h5-11,13,22-23,26-27,31,33-38,44H,12,14-21,24-25H2,1-4H3;1H/q+1;/p-1/t26-,27-,31?,33-,34+,35+,36-,37?,38?,39+,40+;/m1./s1. The van der Waals surface area contributed by atoms with Crippen LogP contribution in [-0.2, 0) is 17.7 Å². The van der Waals surface area contributed by atoms with Crippen molar-refractivity contribution in [2.75, 3.05) is 0 Å². The lowest BCUT2D eigenvalue weighted by Crippen LogP contribution is -3.00. The van der Waals surface area contributed by atoms with Crippen LogP contribution in [0.2, 0.25) is 0 Å². The summed E-state index contributed by atoms with van der Waals surface area (Å²) in [7, 11) is 0. The van der Waals surface area contributed by atoms with Crippen molar-refractivity contribution in [1.29, 1.82) is 0 Å². The Balaban J connectivity index is 0.00000338. The van der Waals surface area contributed by atoms with Gasteiger partial charge >= 0.3 is 0 Å². The minimum Gasteiger partial charge on any atom is -1.00 e. The fraction of sp³-hybridized carbons (Fsp3) is 0.650. The van der Waals surface area contributed by atoms with E-state index >= 15 is 0 Å². The SMILES string of the molecule is C[C@H](CC[C@H]1OC2C[C@H]3[C@@H]4CC=C5CC(O)CC[C@]5(C)[C@H]4CC[C@]3(C)C2[C@@H]1C)n1cc[n+](CCc2cccc3ccccc23)n1.[Br-]. The van der Waals surface area contributed by atoms with E-state index in [0.29, 0.717) is 40.9 Å². The van der Waals surface area contributed by atoms with Crippen LogP contribution in [0.3, 0.4) is 0 Å². The summed E-state index contributed by atoms with van der Waals surface area (Å²) in [6.07, 6.45) is 19.0. The molecule has 3 aromatic rings. The third-order valence-electron chi connectivity index (χ3n) is 14.1. The van der Waals surface area contributed by atoms with Crippen LogP contribution < -0.4 is 21.7 Å². The number of hydrogen-bond acceptors (Lipinski definition) is 3. The molecule has 4 aliphatic carbocycles. The molecule has 2 heterocycles. The molecule has 11 atom stereocenters. The molecule has 2 aromatic carbocycles. The van der Waals surface area contributed by atoms with E-state index in [1.807, 2.05) is 0 Å². The second kappa shape index (κ2) is 12.5. The molecule has 1 saturated heterocycles. The Hall–Kier alpha value is -2.02. The molecule has 5 aliphatic rings. The molecule has 1 N–H and O–H groups in total. The topological polar surface area (TPSA) is 51.2 Å². The number of aryl methyl sites for hydroxylation is 2. The summed E-state index contributed by atoms with van der Waals surface area (Å²) in [5, 5.41) is 18.0. The summed E-state index contributed by atoms with van der Waals surface area (Å²) in [5.41, 5.74) is 3.68. The van der Waals surface area contributed by atoms with E-state index in [9.17, 15) is 5.11 Å². The molecular formula is C40H54BrN3O2. The molecule has 1 aromatic heterocycles. The molecule has 0 radical (unpaired) electrons. The smallest absolute Gasteiger partial charge is 0.155 e. The second-order valence-electron chi connectivity index (χ2n) is 16.3. The van der Waals surface area contributed by atoms with Crippen LogP contribution in [0.1, 0.15) is 97.1 Å². The van der Waals surface area contributed by atoms with Crippen molar-refractivity contribution in [2.45, 2.75) is 123 Å². The van der Waals surface area contributed by atoms with Crippen molar-refractivity contribution >= 4 is 10.8 Å². The average molecular weight is 689 g/mol. The minimum atomic E-state index is -0.121. The number of aromatic nitrogens is 3. The number of aliphatic hydroxyl groups excluding tert-OH is 1. The number of hydrogen-bond donors (Lipinski definition) is 1. The number of nitrogens with zero attached hydrogens (tertiary/aromatic N) is 3. The van der Waals surface area contributed by atoms with Gasteiger partial charge in [-0.3, -0.25) is 0 Å². The maximum absolute atomic E-state index is 10.4. The number of ether oxygens (including phenoxy) is 1. The molecule has 0 amide bonds. The fourth-order valence-corrected chi connectivity index (χ4v) is 11.6. The maximum atomic E-state index is 10.4. The number of benzene rings is 2. The summed E-state index contributed by atoms with van der Waals surface area (Å²) in [5.74, 6) is 3.67. The van der Waals surface area contributed by atoms with Gasteiger partial charge in [0, 0.05) is 6.42 Å². The zero-order chi connectivity index (χ0) is 30.9. The Morgan fingerprint density at radius 2 is 1.91 bits per heavy atom. The summed E-state index contributed by atoms with van der Waals surface area (Å²) in [6, 6.07) is 15.6. The van der Waals surface area contributed by atoms with Gasteiger partial charge in [-0.15, -0.1) is 9.36 Å². The number of rotatable bonds is 7. The lowest BCUT2D eigenvalue weighted by atomic mass is 9.47. The van der Waals surface area contributed by atoms with Gasteiger partial charge in [0.15, 0.2) is 12.4 Å². The lowest BCUT2D eigenvalue weighted by Gasteiger charge is -2.58. The number of halogens is 1. The highest BCUT2D eigenvalue weighted by Crippen LogP contribution is 2.69. The Bertz CT molecular complexity index is 1580. The fourth-order valence-electron chi connectivity index (χ4n) is 11.6. The quantitative estimate of drug-likeness (QED) is 0.285. The van der Waals surface area contributed by atoms with E-state index in [0.717, 1.165) is 56.4 Å². The molecular weight excluding hydrogens is 634 g/mol. The first-order valence-corrected chi connectivity index (χ1v) is 18.2.